The third-order valence-electron chi connectivity index (χ3n) is 2.86. The van der Waals surface area contributed by atoms with Gasteiger partial charge in [0.2, 0.25) is 0 Å². The Balaban J connectivity index is 2.33. The number of nitrogens with zero attached hydrogens (tertiary/aromatic N) is 1. The fourth-order valence-electron chi connectivity index (χ4n) is 2.08. The quantitative estimate of drug-likeness (QED) is 0.845. The predicted octanol–water partition coefficient (Wildman–Crippen LogP) is 1.91. The van der Waals surface area contributed by atoms with Crippen LogP contribution in [0.1, 0.15) is 23.8 Å². The zero-order valence-corrected chi connectivity index (χ0v) is 10.4. The number of benzene rings is 1. The molecule has 0 saturated carbocycles. The van der Waals surface area contributed by atoms with Gasteiger partial charge in [0.1, 0.15) is 5.52 Å². The lowest BCUT2D eigenvalue weighted by Crippen LogP contribution is -2.19. The van der Waals surface area contributed by atoms with Gasteiger partial charge < -0.3 is 14.8 Å². The van der Waals surface area contributed by atoms with Crippen molar-refractivity contribution in [2.75, 3.05) is 13.6 Å². The Bertz CT molecular complexity index is 562. The Morgan fingerprint density at radius 2 is 2.33 bits per heavy atom. The maximum Gasteiger partial charge on any atom is 0.304 e. The van der Waals surface area contributed by atoms with Gasteiger partial charge in [0.05, 0.1) is 6.42 Å². The van der Waals surface area contributed by atoms with Gasteiger partial charge in [-0.05, 0) is 24.7 Å². The molecule has 0 saturated heterocycles. The van der Waals surface area contributed by atoms with Gasteiger partial charge in [-0.3, -0.25) is 4.79 Å². The summed E-state index contributed by atoms with van der Waals surface area (Å²) < 4.78 is 5.46. The van der Waals surface area contributed by atoms with Crippen LogP contribution >= 0.6 is 0 Å². The molecule has 0 bridgehead atoms. The topological polar surface area (TPSA) is 75.4 Å². The molecule has 5 nitrogen and oxygen atoms in total. The van der Waals surface area contributed by atoms with Crippen LogP contribution in [0.15, 0.2) is 22.6 Å². The normalized spacial score (nSPS) is 12.8. The summed E-state index contributed by atoms with van der Waals surface area (Å²) >= 11 is 0. The van der Waals surface area contributed by atoms with Gasteiger partial charge in [0, 0.05) is 19.4 Å². The molecule has 2 rings (SSSR count). The first-order valence-corrected chi connectivity index (χ1v) is 5.83. The first-order valence-electron chi connectivity index (χ1n) is 5.83. The molecule has 0 spiro atoms. The number of carboxylic acid groups (broad SMARTS) is 1. The average Bonchev–Trinajstić information content (AvgIpc) is 2.66. The van der Waals surface area contributed by atoms with Gasteiger partial charge in [0.25, 0.3) is 0 Å². The Labute approximate surface area is 105 Å². The molecule has 1 heterocycles. The number of carbonyl (C=O) groups is 1. The molecular formula is C13H16N2O3. The highest BCUT2D eigenvalue weighted by atomic mass is 16.4. The minimum atomic E-state index is -0.802. The van der Waals surface area contributed by atoms with E-state index in [-0.39, 0.29) is 12.3 Å². The third-order valence-corrected chi connectivity index (χ3v) is 2.86. The molecule has 1 aromatic carbocycles. The molecule has 2 N–H and O–H groups in total. The van der Waals surface area contributed by atoms with Crippen molar-refractivity contribution < 1.29 is 14.3 Å². The number of nitrogens with one attached hydrogen (secondary N) is 1. The fourth-order valence-corrected chi connectivity index (χ4v) is 2.08. The first-order chi connectivity index (χ1) is 8.60. The highest BCUT2D eigenvalue weighted by molar-refractivity contribution is 5.74. The predicted molar refractivity (Wildman–Crippen MR) is 67.7 cm³/mol. The van der Waals surface area contributed by atoms with Crippen molar-refractivity contribution in [2.24, 2.45) is 0 Å². The number of oxazole rings is 1. The van der Waals surface area contributed by atoms with Gasteiger partial charge >= 0.3 is 5.97 Å². The summed E-state index contributed by atoms with van der Waals surface area (Å²) in [6, 6.07) is 5.65. The van der Waals surface area contributed by atoms with Crippen LogP contribution in [0.3, 0.4) is 0 Å². The molecule has 0 aliphatic carbocycles. The highest BCUT2D eigenvalue weighted by Gasteiger charge is 2.16. The molecular weight excluding hydrogens is 232 g/mol. The van der Waals surface area contributed by atoms with Crippen LogP contribution < -0.4 is 5.32 Å². The largest absolute Gasteiger partial charge is 0.481 e. The lowest BCUT2D eigenvalue weighted by Gasteiger charge is -2.14. The Morgan fingerprint density at radius 1 is 1.56 bits per heavy atom. The van der Waals surface area contributed by atoms with E-state index in [1.165, 1.54) is 0 Å². The molecule has 1 unspecified atom stereocenters. The molecule has 0 amide bonds. The lowest BCUT2D eigenvalue weighted by atomic mass is 9.95. The van der Waals surface area contributed by atoms with Crippen molar-refractivity contribution in [1.82, 2.24) is 10.3 Å². The van der Waals surface area contributed by atoms with Gasteiger partial charge in [-0.2, -0.15) is 0 Å². The Morgan fingerprint density at radius 3 is 3.00 bits per heavy atom. The molecule has 2 aromatic rings. The van der Waals surface area contributed by atoms with Crippen molar-refractivity contribution in [3.63, 3.8) is 0 Å². The van der Waals surface area contributed by atoms with Crippen LogP contribution in [0.4, 0.5) is 0 Å². The second kappa shape index (κ2) is 5.18. The number of hydrogen-bond donors (Lipinski definition) is 2. The number of rotatable bonds is 5. The third kappa shape index (κ3) is 2.68. The molecule has 0 radical (unpaired) electrons. The summed E-state index contributed by atoms with van der Waals surface area (Å²) in [5.74, 6) is -0.253. The van der Waals surface area contributed by atoms with E-state index in [0.29, 0.717) is 18.0 Å². The van der Waals surface area contributed by atoms with E-state index in [1.807, 2.05) is 25.2 Å². The summed E-state index contributed by atoms with van der Waals surface area (Å²) in [7, 11) is 1.81. The van der Waals surface area contributed by atoms with Crippen molar-refractivity contribution in [2.45, 2.75) is 19.3 Å². The van der Waals surface area contributed by atoms with Crippen LogP contribution in [-0.2, 0) is 4.79 Å². The minimum Gasteiger partial charge on any atom is -0.481 e. The van der Waals surface area contributed by atoms with Crippen molar-refractivity contribution in [3.05, 3.63) is 29.7 Å². The smallest absolute Gasteiger partial charge is 0.304 e. The van der Waals surface area contributed by atoms with Gasteiger partial charge in [0.15, 0.2) is 11.5 Å². The fraction of sp³-hybridized carbons (Fsp3) is 0.385. The summed E-state index contributed by atoms with van der Waals surface area (Å²) in [6.45, 7) is 2.41. The number of carboxylic acids is 1. The summed E-state index contributed by atoms with van der Waals surface area (Å²) in [6.07, 6.45) is 0.0967. The van der Waals surface area contributed by atoms with Gasteiger partial charge in [-0.15, -0.1) is 0 Å². The zero-order chi connectivity index (χ0) is 13.1. The van der Waals surface area contributed by atoms with E-state index in [1.54, 1.807) is 6.92 Å². The maximum absolute atomic E-state index is 10.9. The number of aliphatic carboxylic acids is 1. The van der Waals surface area contributed by atoms with Crippen molar-refractivity contribution in [1.29, 1.82) is 0 Å². The van der Waals surface area contributed by atoms with Crippen LogP contribution in [0.2, 0.25) is 0 Å². The summed E-state index contributed by atoms with van der Waals surface area (Å²) in [4.78, 5) is 15.1. The molecule has 5 heteroatoms. The standard InChI is InChI=1S/C13H16N2O3/c1-8-15-11-4-3-9(5-12(11)18-8)10(7-14-2)6-13(16)17/h3-5,10,14H,6-7H2,1-2H3,(H,16,17). The van der Waals surface area contributed by atoms with E-state index in [4.69, 9.17) is 9.52 Å². The summed E-state index contributed by atoms with van der Waals surface area (Å²) in [5.41, 5.74) is 2.46. The van der Waals surface area contributed by atoms with E-state index in [2.05, 4.69) is 10.3 Å². The summed E-state index contributed by atoms with van der Waals surface area (Å²) in [5, 5.41) is 11.9. The van der Waals surface area contributed by atoms with Crippen LogP contribution in [0, 0.1) is 6.92 Å². The van der Waals surface area contributed by atoms with Gasteiger partial charge in [-0.1, -0.05) is 6.07 Å². The van der Waals surface area contributed by atoms with E-state index in [9.17, 15) is 4.79 Å². The van der Waals surface area contributed by atoms with E-state index in [0.717, 1.165) is 11.1 Å². The minimum absolute atomic E-state index is 0.0673. The Hall–Kier alpha value is -1.88. The zero-order valence-electron chi connectivity index (χ0n) is 10.4. The van der Waals surface area contributed by atoms with Crippen LogP contribution in [0.25, 0.3) is 11.1 Å². The number of aryl methyl sites for hydroxylation is 1. The van der Waals surface area contributed by atoms with Crippen LogP contribution in [-0.4, -0.2) is 29.7 Å². The molecule has 0 aliphatic heterocycles. The number of likely N-dealkylation sites (N-methyl/N-ethyl adjacent to an activating group) is 1. The molecule has 1 atom stereocenters. The second-order valence-corrected chi connectivity index (χ2v) is 4.31. The SMILES string of the molecule is CNCC(CC(=O)O)c1ccc2nc(C)oc2c1. The number of fused-ring (bicyclic) bond motifs is 1. The monoisotopic (exact) mass is 248 g/mol. The maximum atomic E-state index is 10.9. The number of hydrogen-bond acceptors (Lipinski definition) is 4. The van der Waals surface area contributed by atoms with Crippen molar-refractivity contribution >= 4 is 17.1 Å². The Kier molecular flexibility index (Phi) is 3.62. The molecule has 96 valence electrons. The molecule has 18 heavy (non-hydrogen) atoms. The number of aromatic nitrogens is 1. The van der Waals surface area contributed by atoms with Gasteiger partial charge in [-0.25, -0.2) is 4.98 Å². The van der Waals surface area contributed by atoms with E-state index < -0.39 is 5.97 Å². The lowest BCUT2D eigenvalue weighted by molar-refractivity contribution is -0.137. The first kappa shape index (κ1) is 12.6. The second-order valence-electron chi connectivity index (χ2n) is 4.31. The van der Waals surface area contributed by atoms with Crippen LogP contribution in [0.5, 0.6) is 0 Å². The van der Waals surface area contributed by atoms with Crippen molar-refractivity contribution in [3.8, 4) is 0 Å². The highest BCUT2D eigenvalue weighted by Crippen LogP contribution is 2.24. The molecule has 0 aliphatic rings. The molecule has 0 fully saturated rings. The van der Waals surface area contributed by atoms with E-state index >= 15 is 0 Å². The molecule has 1 aromatic heterocycles. The average molecular weight is 248 g/mol.